The lowest BCUT2D eigenvalue weighted by molar-refractivity contribution is -0.138. The Labute approximate surface area is 108 Å². The SMILES string of the molecule is COc1cc(C(CN)C(=O)O)c(OC)cc1Br. The minimum Gasteiger partial charge on any atom is -0.496 e. The Morgan fingerprint density at radius 1 is 1.41 bits per heavy atom. The molecule has 1 rings (SSSR count). The molecule has 1 unspecified atom stereocenters. The van der Waals surface area contributed by atoms with E-state index in [9.17, 15) is 4.79 Å². The highest BCUT2D eigenvalue weighted by molar-refractivity contribution is 9.10. The maximum atomic E-state index is 11.1. The quantitative estimate of drug-likeness (QED) is 0.863. The van der Waals surface area contributed by atoms with Crippen molar-refractivity contribution in [1.29, 1.82) is 0 Å². The van der Waals surface area contributed by atoms with E-state index in [0.717, 1.165) is 0 Å². The highest BCUT2D eigenvalue weighted by Crippen LogP contribution is 2.36. The Hall–Kier alpha value is -1.27. The van der Waals surface area contributed by atoms with Gasteiger partial charge in [-0.25, -0.2) is 0 Å². The molecule has 1 aromatic carbocycles. The zero-order valence-electron chi connectivity index (χ0n) is 9.57. The van der Waals surface area contributed by atoms with Gasteiger partial charge in [0.05, 0.1) is 24.6 Å². The number of rotatable bonds is 5. The van der Waals surface area contributed by atoms with Crippen molar-refractivity contribution >= 4 is 21.9 Å². The second-order valence-corrected chi connectivity index (χ2v) is 4.21. The van der Waals surface area contributed by atoms with E-state index in [1.807, 2.05) is 0 Å². The molecule has 0 saturated heterocycles. The van der Waals surface area contributed by atoms with Crippen molar-refractivity contribution < 1.29 is 19.4 Å². The van der Waals surface area contributed by atoms with E-state index in [4.69, 9.17) is 20.3 Å². The van der Waals surface area contributed by atoms with Crippen molar-refractivity contribution in [3.63, 3.8) is 0 Å². The number of hydrogen-bond donors (Lipinski definition) is 2. The molecular weight excluding hydrogens is 290 g/mol. The van der Waals surface area contributed by atoms with E-state index in [2.05, 4.69) is 15.9 Å². The van der Waals surface area contributed by atoms with Gasteiger partial charge in [0.1, 0.15) is 11.5 Å². The van der Waals surface area contributed by atoms with Gasteiger partial charge in [0.2, 0.25) is 0 Å². The van der Waals surface area contributed by atoms with Crippen molar-refractivity contribution in [2.75, 3.05) is 20.8 Å². The predicted molar refractivity (Wildman–Crippen MR) is 66.7 cm³/mol. The minimum atomic E-state index is -0.991. The van der Waals surface area contributed by atoms with E-state index in [1.54, 1.807) is 12.1 Å². The molecular formula is C11H14BrNO4. The van der Waals surface area contributed by atoms with Gasteiger partial charge in [-0.1, -0.05) is 0 Å². The number of aliphatic carboxylic acids is 1. The van der Waals surface area contributed by atoms with Crippen LogP contribution in [0.2, 0.25) is 0 Å². The summed E-state index contributed by atoms with van der Waals surface area (Å²) in [5, 5.41) is 9.09. The number of benzene rings is 1. The van der Waals surface area contributed by atoms with Crippen LogP contribution < -0.4 is 15.2 Å². The van der Waals surface area contributed by atoms with Crippen LogP contribution in [0.15, 0.2) is 16.6 Å². The van der Waals surface area contributed by atoms with Crippen molar-refractivity contribution in [2.24, 2.45) is 5.73 Å². The van der Waals surface area contributed by atoms with Crippen molar-refractivity contribution in [3.05, 3.63) is 22.2 Å². The Kier molecular flexibility index (Phi) is 4.77. The molecule has 3 N–H and O–H groups in total. The molecule has 0 fully saturated rings. The standard InChI is InChI=1S/C11H14BrNO4/c1-16-9-4-8(12)10(17-2)3-6(9)7(5-13)11(14)15/h3-4,7H,5,13H2,1-2H3,(H,14,15). The van der Waals surface area contributed by atoms with Crippen LogP contribution in [0.3, 0.4) is 0 Å². The number of halogens is 1. The van der Waals surface area contributed by atoms with Crippen molar-refractivity contribution in [3.8, 4) is 11.5 Å². The first-order chi connectivity index (χ1) is 8.04. The summed E-state index contributed by atoms with van der Waals surface area (Å²) in [6, 6.07) is 3.29. The maximum absolute atomic E-state index is 11.1. The van der Waals surface area contributed by atoms with E-state index in [0.29, 0.717) is 21.5 Å². The number of hydrogen-bond acceptors (Lipinski definition) is 4. The number of ether oxygens (including phenoxy) is 2. The summed E-state index contributed by atoms with van der Waals surface area (Å²) in [6.45, 7) is -0.00349. The Morgan fingerprint density at radius 3 is 2.41 bits per heavy atom. The van der Waals surface area contributed by atoms with Gasteiger partial charge in [0.15, 0.2) is 0 Å². The minimum absolute atomic E-state index is 0.00349. The lowest BCUT2D eigenvalue weighted by atomic mass is 9.98. The zero-order valence-corrected chi connectivity index (χ0v) is 11.2. The Morgan fingerprint density at radius 2 is 2.00 bits per heavy atom. The molecule has 1 aromatic rings. The molecule has 94 valence electrons. The predicted octanol–water partition coefficient (Wildman–Crippen LogP) is 1.59. The highest BCUT2D eigenvalue weighted by Gasteiger charge is 2.23. The molecule has 0 amide bonds. The van der Waals surface area contributed by atoms with Crippen LogP contribution in [0.5, 0.6) is 11.5 Å². The second kappa shape index (κ2) is 5.88. The summed E-state index contributed by atoms with van der Waals surface area (Å²) < 4.78 is 11.0. The summed E-state index contributed by atoms with van der Waals surface area (Å²) in [6.07, 6.45) is 0. The zero-order chi connectivity index (χ0) is 13.0. The third-order valence-corrected chi connectivity index (χ3v) is 3.03. The van der Waals surface area contributed by atoms with Crippen LogP contribution in [0.1, 0.15) is 11.5 Å². The second-order valence-electron chi connectivity index (χ2n) is 3.36. The van der Waals surface area contributed by atoms with Gasteiger partial charge in [-0.3, -0.25) is 4.79 Å². The van der Waals surface area contributed by atoms with Gasteiger partial charge in [-0.05, 0) is 28.1 Å². The molecule has 0 heterocycles. The van der Waals surface area contributed by atoms with Gasteiger partial charge in [0, 0.05) is 12.1 Å². The Bertz CT molecular complexity index is 422. The van der Waals surface area contributed by atoms with Crippen LogP contribution in [0.25, 0.3) is 0 Å². The number of carboxylic acid groups (broad SMARTS) is 1. The summed E-state index contributed by atoms with van der Waals surface area (Å²) in [5.41, 5.74) is 5.97. The third-order valence-electron chi connectivity index (χ3n) is 2.41. The van der Waals surface area contributed by atoms with E-state index in [1.165, 1.54) is 14.2 Å². The molecule has 0 bridgehead atoms. The topological polar surface area (TPSA) is 81.8 Å². The molecule has 0 aliphatic rings. The van der Waals surface area contributed by atoms with Crippen LogP contribution in [-0.2, 0) is 4.79 Å². The fourth-order valence-electron chi connectivity index (χ4n) is 1.52. The first-order valence-electron chi connectivity index (χ1n) is 4.89. The van der Waals surface area contributed by atoms with Gasteiger partial charge in [0.25, 0.3) is 0 Å². The molecule has 0 aliphatic carbocycles. The number of methoxy groups -OCH3 is 2. The van der Waals surface area contributed by atoms with E-state index < -0.39 is 11.9 Å². The average Bonchev–Trinajstić information content (AvgIpc) is 2.30. The van der Waals surface area contributed by atoms with Crippen LogP contribution in [0.4, 0.5) is 0 Å². The lowest BCUT2D eigenvalue weighted by Gasteiger charge is -2.16. The van der Waals surface area contributed by atoms with E-state index in [-0.39, 0.29) is 6.54 Å². The molecule has 17 heavy (non-hydrogen) atoms. The molecule has 0 radical (unpaired) electrons. The summed E-state index contributed by atoms with van der Waals surface area (Å²) in [7, 11) is 2.99. The average molecular weight is 304 g/mol. The third kappa shape index (κ3) is 2.89. The first-order valence-corrected chi connectivity index (χ1v) is 5.68. The highest BCUT2D eigenvalue weighted by atomic mass is 79.9. The summed E-state index contributed by atoms with van der Waals surface area (Å²) >= 11 is 3.31. The summed E-state index contributed by atoms with van der Waals surface area (Å²) in [4.78, 5) is 11.1. The largest absolute Gasteiger partial charge is 0.496 e. The van der Waals surface area contributed by atoms with Crippen molar-refractivity contribution in [2.45, 2.75) is 5.92 Å². The van der Waals surface area contributed by atoms with Gasteiger partial charge < -0.3 is 20.3 Å². The molecule has 1 atom stereocenters. The van der Waals surface area contributed by atoms with Gasteiger partial charge >= 0.3 is 5.97 Å². The van der Waals surface area contributed by atoms with Crippen LogP contribution in [-0.4, -0.2) is 31.8 Å². The summed E-state index contributed by atoms with van der Waals surface area (Å²) in [5.74, 6) is -0.793. The molecule has 0 saturated carbocycles. The van der Waals surface area contributed by atoms with Crippen LogP contribution in [0, 0.1) is 0 Å². The molecule has 0 spiro atoms. The van der Waals surface area contributed by atoms with Crippen molar-refractivity contribution in [1.82, 2.24) is 0 Å². The molecule has 0 aliphatic heterocycles. The molecule has 0 aromatic heterocycles. The molecule has 5 nitrogen and oxygen atoms in total. The molecule has 6 heteroatoms. The number of carbonyl (C=O) groups is 1. The number of nitrogens with two attached hydrogens (primary N) is 1. The lowest BCUT2D eigenvalue weighted by Crippen LogP contribution is -2.21. The fourth-order valence-corrected chi connectivity index (χ4v) is 2.00. The smallest absolute Gasteiger partial charge is 0.312 e. The fraction of sp³-hybridized carbons (Fsp3) is 0.364. The van der Waals surface area contributed by atoms with Gasteiger partial charge in [-0.15, -0.1) is 0 Å². The normalized spacial score (nSPS) is 12.0. The van der Waals surface area contributed by atoms with Gasteiger partial charge in [-0.2, -0.15) is 0 Å². The van der Waals surface area contributed by atoms with E-state index >= 15 is 0 Å². The Balaban J connectivity index is 3.33. The first kappa shape index (κ1) is 13.8. The van der Waals surface area contributed by atoms with Crippen LogP contribution >= 0.6 is 15.9 Å². The monoisotopic (exact) mass is 303 g/mol. The maximum Gasteiger partial charge on any atom is 0.312 e. The number of carboxylic acids is 1.